The summed E-state index contributed by atoms with van der Waals surface area (Å²) < 4.78 is 0.794. The fourth-order valence-electron chi connectivity index (χ4n) is 1.69. The molecule has 0 radical (unpaired) electrons. The van der Waals surface area contributed by atoms with Gasteiger partial charge in [0.25, 0.3) is 0 Å². The molecule has 12 heavy (non-hydrogen) atoms. The highest BCUT2D eigenvalue weighted by molar-refractivity contribution is 9.12. The Morgan fingerprint density at radius 1 is 1.67 bits per heavy atom. The molecule has 3 N–H and O–H groups in total. The van der Waals surface area contributed by atoms with E-state index in [0.717, 1.165) is 17.3 Å². The molecule has 0 spiro atoms. The molecule has 0 heterocycles. The Hall–Kier alpha value is -0.350. The van der Waals surface area contributed by atoms with Crippen molar-refractivity contribution >= 4 is 22.1 Å². The summed E-state index contributed by atoms with van der Waals surface area (Å²) in [5.74, 6) is 0. The van der Waals surface area contributed by atoms with Gasteiger partial charge in [-0.2, -0.15) is 0 Å². The molecule has 2 rings (SSSR count). The minimum Gasteiger partial charge on any atom is -0.404 e. The normalized spacial score (nSPS) is 44.7. The highest BCUT2D eigenvalue weighted by Crippen LogP contribution is 2.80. The predicted molar refractivity (Wildman–Crippen MR) is 51.2 cm³/mol. The number of aliphatic hydroxyl groups excluding tert-OH is 1. The largest absolute Gasteiger partial charge is 0.404 e. The molecule has 2 fully saturated rings. The van der Waals surface area contributed by atoms with Gasteiger partial charge in [-0.15, -0.1) is 0 Å². The van der Waals surface area contributed by atoms with Crippen molar-refractivity contribution in [1.82, 2.24) is 0 Å². The van der Waals surface area contributed by atoms with Crippen molar-refractivity contribution in [1.29, 1.82) is 0 Å². The van der Waals surface area contributed by atoms with Crippen LogP contribution in [0.15, 0.2) is 15.7 Å². The topological polar surface area (TPSA) is 58.6 Å². The summed E-state index contributed by atoms with van der Waals surface area (Å²) in [5.41, 5.74) is 5.50. The van der Waals surface area contributed by atoms with Crippen molar-refractivity contribution in [3.05, 3.63) is 10.7 Å². The standard InChI is InChI=1S/C8H11BrN2O/c9-6(1-10)2-11-8-3-7(8,4-8)5-12/h1-2,12H,3-5,10H2. The number of hydrogen-bond acceptors (Lipinski definition) is 3. The quantitative estimate of drug-likeness (QED) is 0.705. The van der Waals surface area contributed by atoms with Crippen molar-refractivity contribution in [3.63, 3.8) is 0 Å². The highest BCUT2D eigenvalue weighted by atomic mass is 79.9. The summed E-state index contributed by atoms with van der Waals surface area (Å²) in [5, 5.41) is 8.97. The Labute approximate surface area is 79.5 Å². The molecule has 2 aliphatic carbocycles. The monoisotopic (exact) mass is 230 g/mol. The number of aliphatic hydroxyl groups is 1. The van der Waals surface area contributed by atoms with E-state index in [1.807, 2.05) is 0 Å². The van der Waals surface area contributed by atoms with Crippen LogP contribution in [-0.4, -0.2) is 23.5 Å². The second-order valence-electron chi connectivity index (χ2n) is 3.63. The Morgan fingerprint density at radius 2 is 2.33 bits per heavy atom. The van der Waals surface area contributed by atoms with E-state index in [0.29, 0.717) is 0 Å². The van der Waals surface area contributed by atoms with Crippen LogP contribution in [0.1, 0.15) is 12.8 Å². The fourth-order valence-corrected chi connectivity index (χ4v) is 1.80. The van der Waals surface area contributed by atoms with Crippen molar-refractivity contribution in [3.8, 4) is 0 Å². The Kier molecular flexibility index (Phi) is 1.60. The van der Waals surface area contributed by atoms with Crippen LogP contribution in [0.3, 0.4) is 0 Å². The maximum atomic E-state index is 8.97. The second-order valence-corrected chi connectivity index (χ2v) is 4.55. The van der Waals surface area contributed by atoms with Gasteiger partial charge < -0.3 is 10.8 Å². The van der Waals surface area contributed by atoms with Crippen LogP contribution in [0.2, 0.25) is 0 Å². The average molecular weight is 231 g/mol. The van der Waals surface area contributed by atoms with Crippen LogP contribution in [0, 0.1) is 5.41 Å². The molecule has 0 aromatic rings. The molecular formula is C8H11BrN2O. The number of aliphatic imine (C=N–C) groups is 1. The number of nitrogens with two attached hydrogens (primary N) is 1. The highest BCUT2D eigenvalue weighted by Gasteiger charge is 2.83. The summed E-state index contributed by atoms with van der Waals surface area (Å²) in [4.78, 5) is 4.38. The minimum atomic E-state index is 0.0871. The van der Waals surface area contributed by atoms with Gasteiger partial charge in [0.05, 0.1) is 16.6 Å². The summed E-state index contributed by atoms with van der Waals surface area (Å²) in [6.45, 7) is 0.272. The van der Waals surface area contributed by atoms with E-state index in [1.165, 1.54) is 6.20 Å². The van der Waals surface area contributed by atoms with Crippen LogP contribution in [0.4, 0.5) is 0 Å². The van der Waals surface area contributed by atoms with Gasteiger partial charge in [-0.25, -0.2) is 0 Å². The maximum absolute atomic E-state index is 8.97. The Balaban J connectivity index is 1.96. The van der Waals surface area contributed by atoms with Gasteiger partial charge in [0.1, 0.15) is 0 Å². The number of rotatable bonds is 3. The first-order valence-electron chi connectivity index (χ1n) is 3.92. The zero-order valence-electron chi connectivity index (χ0n) is 6.63. The molecule has 0 aromatic heterocycles. The molecule has 0 bridgehead atoms. The molecule has 66 valence electrons. The third-order valence-corrected chi connectivity index (χ3v) is 3.36. The third-order valence-electron chi connectivity index (χ3n) is 2.90. The SMILES string of the molecule is NC=C(Br)C=NC12CC1(CO)C2. The lowest BCUT2D eigenvalue weighted by Crippen LogP contribution is -1.91. The van der Waals surface area contributed by atoms with E-state index in [1.54, 1.807) is 6.21 Å². The predicted octanol–water partition coefficient (Wildman–Crippen LogP) is 0.777. The maximum Gasteiger partial charge on any atom is 0.0702 e. The summed E-state index contributed by atoms with van der Waals surface area (Å²) in [6.07, 6.45) is 5.27. The lowest BCUT2D eigenvalue weighted by Gasteiger charge is -1.91. The smallest absolute Gasteiger partial charge is 0.0702 e. The van der Waals surface area contributed by atoms with E-state index in [9.17, 15) is 0 Å². The molecule has 3 nitrogen and oxygen atoms in total. The first-order valence-corrected chi connectivity index (χ1v) is 4.71. The lowest BCUT2D eigenvalue weighted by molar-refractivity contribution is 0.247. The molecule has 0 unspecified atom stereocenters. The molecular weight excluding hydrogens is 220 g/mol. The van der Waals surface area contributed by atoms with E-state index < -0.39 is 0 Å². The number of fused-ring (bicyclic) bond motifs is 1. The van der Waals surface area contributed by atoms with Gasteiger partial charge in [-0.1, -0.05) is 0 Å². The summed E-state index contributed by atoms with van der Waals surface area (Å²) in [6, 6.07) is 0. The van der Waals surface area contributed by atoms with Crippen LogP contribution in [-0.2, 0) is 0 Å². The number of nitrogens with zero attached hydrogens (tertiary/aromatic N) is 1. The van der Waals surface area contributed by atoms with Crippen LogP contribution >= 0.6 is 15.9 Å². The van der Waals surface area contributed by atoms with Crippen LogP contribution in [0.5, 0.6) is 0 Å². The van der Waals surface area contributed by atoms with Gasteiger partial charge in [0, 0.05) is 17.8 Å². The average Bonchev–Trinajstić information content (AvgIpc) is 2.85. The van der Waals surface area contributed by atoms with E-state index >= 15 is 0 Å². The van der Waals surface area contributed by atoms with Crippen LogP contribution in [0.25, 0.3) is 0 Å². The first kappa shape index (κ1) is 8.26. The molecule has 0 aliphatic heterocycles. The lowest BCUT2D eigenvalue weighted by atomic mass is 10.2. The van der Waals surface area contributed by atoms with Gasteiger partial charge in [0.15, 0.2) is 0 Å². The van der Waals surface area contributed by atoms with Crippen molar-refractivity contribution in [2.75, 3.05) is 6.61 Å². The zero-order valence-corrected chi connectivity index (χ0v) is 8.21. The minimum absolute atomic E-state index is 0.0871. The van der Waals surface area contributed by atoms with Crippen molar-refractivity contribution in [2.24, 2.45) is 16.1 Å². The van der Waals surface area contributed by atoms with Gasteiger partial charge in [-0.05, 0) is 28.8 Å². The van der Waals surface area contributed by atoms with Gasteiger partial charge in [-0.3, -0.25) is 4.99 Å². The van der Waals surface area contributed by atoms with E-state index in [-0.39, 0.29) is 17.6 Å². The molecule has 0 atom stereocenters. The summed E-state index contributed by atoms with van der Waals surface area (Å²) in [7, 11) is 0. The Morgan fingerprint density at radius 3 is 2.75 bits per heavy atom. The second kappa shape index (κ2) is 2.33. The van der Waals surface area contributed by atoms with Crippen molar-refractivity contribution < 1.29 is 5.11 Å². The molecule has 0 aromatic carbocycles. The Bertz CT molecular complexity index is 266. The van der Waals surface area contributed by atoms with E-state index in [2.05, 4.69) is 20.9 Å². The molecule has 0 saturated heterocycles. The fraction of sp³-hybridized carbons (Fsp3) is 0.625. The van der Waals surface area contributed by atoms with Crippen molar-refractivity contribution in [2.45, 2.75) is 18.4 Å². The number of halogens is 1. The molecule has 2 saturated carbocycles. The summed E-state index contributed by atoms with van der Waals surface area (Å²) >= 11 is 3.24. The molecule has 0 amide bonds. The molecule has 4 heteroatoms. The molecule has 2 aliphatic rings. The number of hydrogen-bond donors (Lipinski definition) is 2. The number of allylic oxidation sites excluding steroid dienone is 1. The van der Waals surface area contributed by atoms with Crippen LogP contribution < -0.4 is 5.73 Å². The third kappa shape index (κ3) is 0.944. The zero-order chi connectivity index (χ0) is 8.82. The van der Waals surface area contributed by atoms with E-state index in [4.69, 9.17) is 10.8 Å². The first-order chi connectivity index (χ1) is 5.68. The van der Waals surface area contributed by atoms with Gasteiger partial charge >= 0.3 is 0 Å². The van der Waals surface area contributed by atoms with Gasteiger partial charge in [0.2, 0.25) is 0 Å².